The van der Waals surface area contributed by atoms with Crippen molar-refractivity contribution in [2.75, 3.05) is 0 Å². The molecule has 1 aromatic heterocycles. The maximum absolute atomic E-state index is 2.44. The average molecular weight is 1060 g/mol. The minimum atomic E-state index is -0.325. The molecular weight excluding hydrogens is 981 g/mol. The van der Waals surface area contributed by atoms with Crippen LogP contribution in [-0.2, 0) is 5.41 Å². The van der Waals surface area contributed by atoms with Gasteiger partial charge >= 0.3 is 0 Å². The summed E-state index contributed by atoms with van der Waals surface area (Å²) in [5, 5.41) is 8.17. The second-order valence-electron chi connectivity index (χ2n) is 20.9. The van der Waals surface area contributed by atoms with Crippen LogP contribution in [0.25, 0.3) is 64.0 Å². The van der Waals surface area contributed by atoms with E-state index in [0.29, 0.717) is 5.92 Å². The van der Waals surface area contributed by atoms with Gasteiger partial charge in [-0.2, -0.15) is 0 Å². The highest BCUT2D eigenvalue weighted by molar-refractivity contribution is 7.25. The van der Waals surface area contributed by atoms with Gasteiger partial charge < -0.3 is 0 Å². The number of hydrogen-bond donors (Lipinski definition) is 0. The van der Waals surface area contributed by atoms with E-state index in [0.717, 1.165) is 0 Å². The Kier molecular flexibility index (Phi) is 18.5. The van der Waals surface area contributed by atoms with Crippen LogP contribution in [0, 0.1) is 34.6 Å². The molecule has 0 nitrogen and oxygen atoms in total. The fourth-order valence-electron chi connectivity index (χ4n) is 11.1. The fourth-order valence-corrected chi connectivity index (χ4v) is 12.2. The molecule has 1 aliphatic carbocycles. The number of rotatable bonds is 4. The third-order valence-electron chi connectivity index (χ3n) is 15.1. The van der Waals surface area contributed by atoms with E-state index >= 15 is 0 Å². The molecule has 0 atom stereocenters. The molecule has 0 N–H and O–H groups in total. The van der Waals surface area contributed by atoms with E-state index in [1.807, 2.05) is 49.4 Å². The quantitative estimate of drug-likeness (QED) is 0.165. The lowest BCUT2D eigenvalue weighted by Crippen LogP contribution is -2.28. The van der Waals surface area contributed by atoms with Gasteiger partial charge in [-0.15, -0.1) is 11.3 Å². The summed E-state index contributed by atoms with van der Waals surface area (Å²) >= 11 is 1.88. The molecular formula is C79H74S. The predicted molar refractivity (Wildman–Crippen MR) is 352 cm³/mol. The normalized spacial score (nSPS) is 11.5. The van der Waals surface area contributed by atoms with Crippen molar-refractivity contribution in [2.45, 2.75) is 73.6 Å². The van der Waals surface area contributed by atoms with Gasteiger partial charge in [-0.25, -0.2) is 0 Å². The number of fused-ring (bicyclic) bond motifs is 9. The first kappa shape index (κ1) is 56.1. The Morgan fingerprint density at radius 2 is 0.825 bits per heavy atom. The zero-order valence-electron chi connectivity index (χ0n) is 48.0. The Balaban J connectivity index is 0.000000133. The summed E-state index contributed by atoms with van der Waals surface area (Å²) in [4.78, 5) is 0. The number of benzene rings is 12. The summed E-state index contributed by atoms with van der Waals surface area (Å²) in [5.41, 5.74) is 18.4. The van der Waals surface area contributed by atoms with Gasteiger partial charge in [-0.1, -0.05) is 305 Å². The maximum Gasteiger partial charge on any atom is 0.0713 e. The Labute approximate surface area is 480 Å². The van der Waals surface area contributed by atoms with E-state index in [4.69, 9.17) is 0 Å². The zero-order chi connectivity index (χ0) is 56.0. The Morgan fingerprint density at radius 1 is 0.325 bits per heavy atom. The molecule has 0 unspecified atom stereocenters. The summed E-state index contributed by atoms with van der Waals surface area (Å²) in [7, 11) is 0. The van der Waals surface area contributed by atoms with Gasteiger partial charge in [0, 0.05) is 20.2 Å². The van der Waals surface area contributed by atoms with Crippen LogP contribution in [0.5, 0.6) is 0 Å². The van der Waals surface area contributed by atoms with E-state index < -0.39 is 0 Å². The van der Waals surface area contributed by atoms with Gasteiger partial charge in [0.25, 0.3) is 0 Å². The number of aryl methyl sites for hydroxylation is 5. The molecule has 0 saturated carbocycles. The Hall–Kier alpha value is -8.62. The third-order valence-corrected chi connectivity index (χ3v) is 16.2. The lowest BCUT2D eigenvalue weighted by Gasteiger charge is -2.34. The van der Waals surface area contributed by atoms with Crippen molar-refractivity contribution in [3.63, 3.8) is 0 Å². The first-order valence-electron chi connectivity index (χ1n) is 28.3. The van der Waals surface area contributed by atoms with Crippen molar-refractivity contribution in [3.8, 4) is 22.3 Å². The lowest BCUT2D eigenvalue weighted by molar-refractivity contribution is 0.767. The number of thiophene rings is 1. The Morgan fingerprint density at radius 3 is 1.44 bits per heavy atom. The lowest BCUT2D eigenvalue weighted by atomic mass is 9.67. The first-order valence-corrected chi connectivity index (χ1v) is 29.2. The van der Waals surface area contributed by atoms with Crippen molar-refractivity contribution >= 4 is 53.1 Å². The van der Waals surface area contributed by atoms with Crippen molar-refractivity contribution in [2.24, 2.45) is 0 Å². The molecule has 0 bridgehead atoms. The van der Waals surface area contributed by atoms with Crippen LogP contribution < -0.4 is 0 Å². The molecule has 1 heteroatoms. The largest absolute Gasteiger partial charge is 0.135 e. The second kappa shape index (κ2) is 26.4. The first-order chi connectivity index (χ1) is 39.1. The van der Waals surface area contributed by atoms with Gasteiger partial charge in [0.15, 0.2) is 0 Å². The number of hydrogen-bond acceptors (Lipinski definition) is 1. The summed E-state index contributed by atoms with van der Waals surface area (Å²) in [5.74, 6) is 0.600. The highest BCUT2D eigenvalue weighted by Gasteiger charge is 2.47. The molecule has 12 aromatic carbocycles. The van der Waals surface area contributed by atoms with E-state index in [-0.39, 0.29) is 5.41 Å². The molecule has 14 rings (SSSR count). The van der Waals surface area contributed by atoms with Crippen molar-refractivity contribution in [3.05, 3.63) is 335 Å². The summed E-state index contributed by atoms with van der Waals surface area (Å²) in [6, 6.07) is 99.9. The van der Waals surface area contributed by atoms with E-state index in [2.05, 4.69) is 303 Å². The summed E-state index contributed by atoms with van der Waals surface area (Å²) in [6.45, 7) is 19.3. The van der Waals surface area contributed by atoms with Crippen LogP contribution in [0.4, 0.5) is 0 Å². The van der Waals surface area contributed by atoms with E-state index in [1.165, 1.54) is 120 Å². The fraction of sp³-hybridized carbons (Fsp3) is 0.139. The van der Waals surface area contributed by atoms with Crippen LogP contribution >= 0.6 is 11.3 Å². The van der Waals surface area contributed by atoms with Crippen molar-refractivity contribution < 1.29 is 0 Å². The van der Waals surface area contributed by atoms with Crippen LogP contribution in [0.1, 0.15) is 89.2 Å². The Bertz CT molecular complexity index is 4050. The molecule has 0 spiro atoms. The van der Waals surface area contributed by atoms with Gasteiger partial charge in [0.1, 0.15) is 0 Å². The van der Waals surface area contributed by atoms with E-state index in [9.17, 15) is 0 Å². The second-order valence-corrected chi connectivity index (χ2v) is 22.0. The molecule has 0 aliphatic heterocycles. The SMILES string of the molecule is CC.CC(C)c1ccc2sc3ccccc3c2c1.Cc1ccc2c(c1)C(c1ccccc1)(c1ccccc1)c1cc(C)c3ccccc3c1-2.Cc1cccc(-c2ccccc2)c1.Cc1cccc2ccccc12.Cc1ccccc1. The van der Waals surface area contributed by atoms with Crippen molar-refractivity contribution in [1.29, 1.82) is 0 Å². The highest BCUT2D eigenvalue weighted by atomic mass is 32.1. The molecule has 1 heterocycles. The maximum atomic E-state index is 2.44. The summed E-state index contributed by atoms with van der Waals surface area (Å²) in [6.07, 6.45) is 0. The van der Waals surface area contributed by atoms with Gasteiger partial charge in [-0.05, 0) is 141 Å². The van der Waals surface area contributed by atoms with Gasteiger partial charge in [0.05, 0.1) is 5.41 Å². The van der Waals surface area contributed by atoms with Crippen LogP contribution in [0.15, 0.2) is 279 Å². The minimum Gasteiger partial charge on any atom is -0.135 e. The molecule has 0 amide bonds. The molecule has 0 fully saturated rings. The third kappa shape index (κ3) is 12.3. The minimum absolute atomic E-state index is 0.325. The van der Waals surface area contributed by atoms with Gasteiger partial charge in [-0.3, -0.25) is 0 Å². The molecule has 396 valence electrons. The molecule has 0 radical (unpaired) electrons. The molecule has 13 aromatic rings. The zero-order valence-corrected chi connectivity index (χ0v) is 48.9. The van der Waals surface area contributed by atoms with Crippen LogP contribution in [0.3, 0.4) is 0 Å². The molecule has 0 saturated heterocycles. The highest BCUT2D eigenvalue weighted by Crippen LogP contribution is 2.58. The van der Waals surface area contributed by atoms with E-state index in [1.54, 1.807) is 0 Å². The van der Waals surface area contributed by atoms with Crippen LogP contribution in [-0.4, -0.2) is 0 Å². The van der Waals surface area contributed by atoms with Crippen LogP contribution in [0.2, 0.25) is 0 Å². The summed E-state index contributed by atoms with van der Waals surface area (Å²) < 4.78 is 2.78. The average Bonchev–Trinajstić information content (AvgIpc) is 2.60. The molecule has 1 aliphatic rings. The topological polar surface area (TPSA) is 0 Å². The smallest absolute Gasteiger partial charge is 0.0713 e. The standard InChI is InChI=1S/C31H24.C15H14S.C13H12.C11H10.C7H8.C2H6/c1-21-17-18-27-28(19-21)31(23-11-5-3-6-12-23,24-13-7-4-8-14-24)29-20-22(2)25-15-9-10-16-26(25)30(27)29;1-10(2)11-7-8-15-13(9-11)12-5-3-4-6-14(12)16-15;1-11-6-5-9-13(10-11)12-7-3-2-4-8-12;1-9-5-4-7-10-6-2-3-8-11(9)10;1-7-5-3-2-4-6-7;1-2/h3-20H,1-2H3;3-10H,1-2H3;2-10H,1H3;2-8H,1H3;2-6H,1H3;1-2H3. The monoisotopic (exact) mass is 1050 g/mol. The predicted octanol–water partition coefficient (Wildman–Crippen LogP) is 22.8. The van der Waals surface area contributed by atoms with Gasteiger partial charge in [0.2, 0.25) is 0 Å². The molecule has 80 heavy (non-hydrogen) atoms. The van der Waals surface area contributed by atoms with Crippen molar-refractivity contribution in [1.82, 2.24) is 0 Å².